The van der Waals surface area contributed by atoms with Crippen molar-refractivity contribution in [1.29, 1.82) is 0 Å². The summed E-state index contributed by atoms with van der Waals surface area (Å²) in [5.74, 6) is 0.476. The molecular weight excluding hydrogens is 387 g/mol. The van der Waals surface area contributed by atoms with Gasteiger partial charge < -0.3 is 15.0 Å². The van der Waals surface area contributed by atoms with E-state index in [0.29, 0.717) is 44.5 Å². The number of piperidine rings is 1. The summed E-state index contributed by atoms with van der Waals surface area (Å²) in [7, 11) is 1.62. The Labute approximate surface area is 174 Å². The molecule has 2 fully saturated rings. The molecule has 2 saturated heterocycles. The van der Waals surface area contributed by atoms with Crippen molar-refractivity contribution in [2.45, 2.75) is 31.3 Å². The molecule has 0 atom stereocenters. The number of halogens is 1. The van der Waals surface area contributed by atoms with Crippen molar-refractivity contribution in [3.05, 3.63) is 59.9 Å². The highest BCUT2D eigenvalue weighted by Crippen LogP contribution is 2.28. The summed E-state index contributed by atoms with van der Waals surface area (Å²) in [4.78, 5) is 26.9. The van der Waals surface area contributed by atoms with E-state index in [1.165, 1.54) is 17.1 Å². The molecule has 8 heteroatoms. The van der Waals surface area contributed by atoms with Crippen LogP contribution in [0.4, 0.5) is 14.9 Å². The Morgan fingerprint density at radius 3 is 2.67 bits per heavy atom. The zero-order chi connectivity index (χ0) is 21.1. The molecule has 7 nitrogen and oxygen atoms in total. The lowest BCUT2D eigenvalue weighted by Crippen LogP contribution is -2.58. The van der Waals surface area contributed by atoms with E-state index >= 15 is 0 Å². The molecule has 2 aromatic rings. The number of amides is 3. The molecular formula is C22H25FN4O3. The second-order valence-corrected chi connectivity index (χ2v) is 7.67. The molecule has 30 heavy (non-hydrogen) atoms. The lowest BCUT2D eigenvalue weighted by molar-refractivity contribution is -0.132. The highest BCUT2D eigenvalue weighted by atomic mass is 19.1. The van der Waals surface area contributed by atoms with Gasteiger partial charge in [0.1, 0.15) is 17.2 Å². The van der Waals surface area contributed by atoms with Crippen LogP contribution in [0.3, 0.4) is 0 Å². The average molecular weight is 412 g/mol. The van der Waals surface area contributed by atoms with Gasteiger partial charge in [0.15, 0.2) is 0 Å². The van der Waals surface area contributed by atoms with Crippen molar-refractivity contribution >= 4 is 17.6 Å². The van der Waals surface area contributed by atoms with Crippen molar-refractivity contribution in [3.8, 4) is 5.75 Å². The van der Waals surface area contributed by atoms with Crippen LogP contribution in [0.2, 0.25) is 0 Å². The first-order valence-corrected chi connectivity index (χ1v) is 10.0. The zero-order valence-corrected chi connectivity index (χ0v) is 16.9. The third-order valence-corrected chi connectivity index (χ3v) is 5.67. The normalized spacial score (nSPS) is 17.9. The van der Waals surface area contributed by atoms with Crippen molar-refractivity contribution in [2.75, 3.05) is 25.2 Å². The first-order valence-electron chi connectivity index (χ1n) is 10.0. The zero-order valence-electron chi connectivity index (χ0n) is 16.9. The molecule has 2 aliphatic heterocycles. The maximum atomic E-state index is 13.5. The third-order valence-electron chi connectivity index (χ3n) is 5.67. The number of rotatable bonds is 5. The van der Waals surface area contributed by atoms with Crippen LogP contribution < -0.4 is 20.5 Å². The fraction of sp³-hybridized carbons (Fsp3) is 0.364. The number of methoxy groups -OCH3 is 1. The number of benzene rings is 2. The van der Waals surface area contributed by atoms with Gasteiger partial charge in [-0.3, -0.25) is 4.79 Å². The lowest BCUT2D eigenvalue weighted by atomic mass is 9.97. The Morgan fingerprint density at radius 2 is 1.93 bits per heavy atom. The fourth-order valence-electron chi connectivity index (χ4n) is 3.96. The fourth-order valence-corrected chi connectivity index (χ4v) is 3.96. The highest BCUT2D eigenvalue weighted by molar-refractivity contribution is 5.93. The van der Waals surface area contributed by atoms with E-state index in [0.717, 1.165) is 11.3 Å². The Balaban J connectivity index is 1.32. The number of nitrogens with zero attached hydrogens (tertiary/aromatic N) is 2. The van der Waals surface area contributed by atoms with Gasteiger partial charge in [-0.1, -0.05) is 18.2 Å². The van der Waals surface area contributed by atoms with Crippen LogP contribution in [0.15, 0.2) is 48.5 Å². The maximum absolute atomic E-state index is 13.5. The van der Waals surface area contributed by atoms with Crippen LogP contribution in [-0.4, -0.2) is 42.7 Å². The van der Waals surface area contributed by atoms with Gasteiger partial charge in [-0.05, 0) is 42.3 Å². The standard InChI is InChI=1S/C22H25FN4O3/c1-30-19-7-2-4-16(14-19)8-9-20(28)26-12-10-22(11-13-26)24-21(29)27(25-22)18-6-3-5-17(23)15-18/h2-7,14-15,25H,8-13H2,1H3,(H,24,29). The number of carbonyl (C=O) groups is 2. The van der Waals surface area contributed by atoms with Crippen LogP contribution in [0, 0.1) is 5.82 Å². The minimum Gasteiger partial charge on any atom is -0.497 e. The Kier molecular flexibility index (Phi) is 5.59. The quantitative estimate of drug-likeness (QED) is 0.792. The Morgan fingerprint density at radius 1 is 1.17 bits per heavy atom. The van der Waals surface area contributed by atoms with Gasteiger partial charge >= 0.3 is 6.03 Å². The van der Waals surface area contributed by atoms with Crippen molar-refractivity contribution < 1.29 is 18.7 Å². The van der Waals surface area contributed by atoms with E-state index in [4.69, 9.17) is 4.74 Å². The Hall–Kier alpha value is -3.13. The number of likely N-dealkylation sites (tertiary alicyclic amines) is 1. The van der Waals surface area contributed by atoms with Crippen LogP contribution >= 0.6 is 0 Å². The number of hydrogen-bond acceptors (Lipinski definition) is 4. The summed E-state index contributed by atoms with van der Waals surface area (Å²) in [6.45, 7) is 1.09. The summed E-state index contributed by atoms with van der Waals surface area (Å²) in [5.41, 5.74) is 4.07. The first kappa shape index (κ1) is 20.2. The predicted molar refractivity (Wildman–Crippen MR) is 110 cm³/mol. The molecule has 0 radical (unpaired) electrons. The smallest absolute Gasteiger partial charge is 0.338 e. The highest BCUT2D eigenvalue weighted by Gasteiger charge is 2.45. The number of hydrogen-bond donors (Lipinski definition) is 2. The Bertz CT molecular complexity index is 943. The number of aryl methyl sites for hydroxylation is 1. The van der Waals surface area contributed by atoms with E-state index in [9.17, 15) is 14.0 Å². The molecule has 2 aliphatic rings. The van der Waals surface area contributed by atoms with Gasteiger partial charge in [0, 0.05) is 32.4 Å². The molecule has 0 aliphatic carbocycles. The van der Waals surface area contributed by atoms with E-state index in [2.05, 4.69) is 10.7 Å². The van der Waals surface area contributed by atoms with Crippen LogP contribution in [0.25, 0.3) is 0 Å². The van der Waals surface area contributed by atoms with Crippen LogP contribution in [-0.2, 0) is 11.2 Å². The van der Waals surface area contributed by atoms with Crippen LogP contribution in [0.1, 0.15) is 24.8 Å². The third kappa shape index (κ3) is 4.23. The molecule has 1 spiro atoms. The van der Waals surface area contributed by atoms with Gasteiger partial charge in [-0.15, -0.1) is 0 Å². The largest absolute Gasteiger partial charge is 0.497 e. The van der Waals surface area contributed by atoms with Gasteiger partial charge in [0.05, 0.1) is 12.8 Å². The topological polar surface area (TPSA) is 73.9 Å². The maximum Gasteiger partial charge on any atom is 0.338 e. The molecule has 2 heterocycles. The number of urea groups is 1. The second kappa shape index (κ2) is 8.31. The van der Waals surface area contributed by atoms with Gasteiger partial charge in [-0.2, -0.15) is 0 Å². The molecule has 0 unspecified atom stereocenters. The van der Waals surface area contributed by atoms with Crippen molar-refractivity contribution in [3.63, 3.8) is 0 Å². The van der Waals surface area contributed by atoms with Gasteiger partial charge in [-0.25, -0.2) is 19.6 Å². The average Bonchev–Trinajstić information content (AvgIpc) is 3.08. The number of nitrogens with one attached hydrogen (secondary N) is 2. The van der Waals surface area contributed by atoms with Gasteiger partial charge in [0.25, 0.3) is 0 Å². The molecule has 0 aromatic heterocycles. The summed E-state index contributed by atoms with van der Waals surface area (Å²) in [5, 5.41) is 4.31. The lowest BCUT2D eigenvalue weighted by Gasteiger charge is -2.39. The monoisotopic (exact) mass is 412 g/mol. The number of ether oxygens (including phenoxy) is 1. The predicted octanol–water partition coefficient (Wildman–Crippen LogP) is 2.82. The van der Waals surface area contributed by atoms with Crippen LogP contribution in [0.5, 0.6) is 5.75 Å². The summed E-state index contributed by atoms with van der Waals surface area (Å²) in [6, 6.07) is 13.3. The number of hydrazine groups is 1. The second-order valence-electron chi connectivity index (χ2n) is 7.67. The number of anilines is 1. The van der Waals surface area contributed by atoms with E-state index in [1.807, 2.05) is 29.2 Å². The molecule has 0 bridgehead atoms. The summed E-state index contributed by atoms with van der Waals surface area (Å²) < 4.78 is 18.7. The van der Waals surface area contributed by atoms with Crippen molar-refractivity contribution in [2.24, 2.45) is 0 Å². The molecule has 0 saturated carbocycles. The van der Waals surface area contributed by atoms with Crippen molar-refractivity contribution in [1.82, 2.24) is 15.6 Å². The van der Waals surface area contributed by atoms with E-state index in [1.54, 1.807) is 19.2 Å². The minimum absolute atomic E-state index is 0.0963. The van der Waals surface area contributed by atoms with E-state index in [-0.39, 0.29) is 11.9 Å². The SMILES string of the molecule is COc1cccc(CCC(=O)N2CCC3(CC2)NC(=O)N(c2cccc(F)c2)N3)c1. The number of carbonyl (C=O) groups excluding carboxylic acids is 2. The molecule has 3 amide bonds. The first-order chi connectivity index (χ1) is 14.5. The van der Waals surface area contributed by atoms with Gasteiger partial charge in [0.2, 0.25) is 5.91 Å². The molecule has 2 aromatic carbocycles. The molecule has 2 N–H and O–H groups in total. The van der Waals surface area contributed by atoms with E-state index < -0.39 is 11.5 Å². The summed E-state index contributed by atoms with van der Waals surface area (Å²) in [6.07, 6.45) is 2.24. The summed E-state index contributed by atoms with van der Waals surface area (Å²) >= 11 is 0. The minimum atomic E-state index is -0.618. The molecule has 158 valence electrons. The molecule has 4 rings (SSSR count).